The van der Waals surface area contributed by atoms with Crippen molar-refractivity contribution >= 4 is 33.1 Å². The Bertz CT molecular complexity index is 825. The number of carbonyl (C=O) groups is 1. The highest BCUT2D eigenvalue weighted by atomic mass is 32.2. The van der Waals surface area contributed by atoms with E-state index in [9.17, 15) is 22.9 Å². The molecule has 1 aromatic carbocycles. The monoisotopic (exact) mass is 295 g/mol. The van der Waals surface area contributed by atoms with Crippen molar-refractivity contribution in [3.05, 3.63) is 36.0 Å². The molecular weight excluding hydrogens is 286 g/mol. The zero-order valence-corrected chi connectivity index (χ0v) is 10.7. The number of carboxylic acid groups (broad SMARTS) is 1. The molecule has 2 aromatic rings. The molecule has 1 heterocycles. The van der Waals surface area contributed by atoms with Crippen LogP contribution in [0.4, 0.5) is 0 Å². The van der Waals surface area contributed by atoms with Gasteiger partial charge in [-0.3, -0.25) is 9.54 Å². The number of phenolic OH excluding ortho intramolecular Hbond substituents is 1. The van der Waals surface area contributed by atoms with Gasteiger partial charge < -0.3 is 10.2 Å². The Labute approximate surface area is 113 Å². The van der Waals surface area contributed by atoms with Crippen molar-refractivity contribution in [3.8, 4) is 5.75 Å². The number of rotatable bonds is 3. The first-order valence-electron chi connectivity index (χ1n) is 5.30. The maximum atomic E-state index is 11.4. The Morgan fingerprint density at radius 2 is 2.05 bits per heavy atom. The fraction of sp³-hybridized carbons (Fsp3) is 0. The summed E-state index contributed by atoms with van der Waals surface area (Å²) in [6.45, 7) is 0. The lowest BCUT2D eigenvalue weighted by atomic mass is 10.1. The lowest BCUT2D eigenvalue weighted by Crippen LogP contribution is -2.01. The van der Waals surface area contributed by atoms with E-state index < -0.39 is 21.0 Å². The third-order valence-electron chi connectivity index (χ3n) is 2.54. The van der Waals surface area contributed by atoms with Crippen LogP contribution in [-0.2, 0) is 14.9 Å². The standard InChI is InChI=1S/C12H9NO6S/c14-10(15)4-3-7-6-9(20(17,18)19)8-2-1-5-13-11(8)12(7)16/h1-6,16H,(H,14,15)(H,17,18,19). The summed E-state index contributed by atoms with van der Waals surface area (Å²) in [7, 11) is -4.54. The highest BCUT2D eigenvalue weighted by Crippen LogP contribution is 2.33. The molecular formula is C12H9NO6S. The number of fused-ring (bicyclic) bond motifs is 1. The van der Waals surface area contributed by atoms with Crippen LogP contribution in [0.5, 0.6) is 5.75 Å². The molecule has 0 aliphatic heterocycles. The molecule has 20 heavy (non-hydrogen) atoms. The second kappa shape index (κ2) is 4.91. The first-order chi connectivity index (χ1) is 9.30. The van der Waals surface area contributed by atoms with Crippen LogP contribution in [0.1, 0.15) is 5.56 Å². The first kappa shape index (κ1) is 14.0. The number of aliphatic carboxylic acids is 1. The summed E-state index contributed by atoms with van der Waals surface area (Å²) in [4.78, 5) is 13.9. The minimum Gasteiger partial charge on any atom is -0.505 e. The Balaban J connectivity index is 2.86. The van der Waals surface area contributed by atoms with Gasteiger partial charge in [0.05, 0.1) is 0 Å². The van der Waals surface area contributed by atoms with Gasteiger partial charge in [-0.2, -0.15) is 8.42 Å². The molecule has 0 aliphatic carbocycles. The maximum Gasteiger partial charge on any atom is 0.328 e. The Morgan fingerprint density at radius 1 is 1.35 bits per heavy atom. The van der Waals surface area contributed by atoms with E-state index in [1.165, 1.54) is 18.3 Å². The molecule has 0 bridgehead atoms. The zero-order valence-electron chi connectivity index (χ0n) is 9.89. The van der Waals surface area contributed by atoms with Gasteiger partial charge in [-0.05, 0) is 24.3 Å². The number of hydrogen-bond acceptors (Lipinski definition) is 5. The smallest absolute Gasteiger partial charge is 0.328 e. The van der Waals surface area contributed by atoms with Crippen molar-refractivity contribution in [1.82, 2.24) is 4.98 Å². The Hall–Kier alpha value is -2.45. The molecule has 8 heteroatoms. The number of pyridine rings is 1. The fourth-order valence-corrected chi connectivity index (χ4v) is 2.44. The third-order valence-corrected chi connectivity index (χ3v) is 3.43. The van der Waals surface area contributed by atoms with E-state index in [2.05, 4.69) is 4.98 Å². The topological polar surface area (TPSA) is 125 Å². The van der Waals surface area contributed by atoms with Crippen molar-refractivity contribution in [3.63, 3.8) is 0 Å². The number of nitrogens with zero attached hydrogens (tertiary/aromatic N) is 1. The van der Waals surface area contributed by atoms with Crippen LogP contribution in [0.25, 0.3) is 17.0 Å². The molecule has 0 fully saturated rings. The molecule has 2 rings (SSSR count). The van der Waals surface area contributed by atoms with Gasteiger partial charge in [0, 0.05) is 23.2 Å². The molecule has 0 unspecified atom stereocenters. The summed E-state index contributed by atoms with van der Waals surface area (Å²) in [6.07, 6.45) is 3.08. The van der Waals surface area contributed by atoms with E-state index in [0.29, 0.717) is 0 Å². The minimum atomic E-state index is -4.54. The van der Waals surface area contributed by atoms with Crippen LogP contribution in [-0.4, -0.2) is 34.1 Å². The third kappa shape index (κ3) is 2.60. The number of hydrogen-bond donors (Lipinski definition) is 3. The number of benzene rings is 1. The van der Waals surface area contributed by atoms with E-state index >= 15 is 0 Å². The largest absolute Gasteiger partial charge is 0.505 e. The second-order valence-electron chi connectivity index (χ2n) is 3.86. The van der Waals surface area contributed by atoms with E-state index in [1.54, 1.807) is 0 Å². The van der Waals surface area contributed by atoms with Gasteiger partial charge in [0.2, 0.25) is 0 Å². The maximum absolute atomic E-state index is 11.4. The van der Waals surface area contributed by atoms with Gasteiger partial charge in [0.1, 0.15) is 16.2 Å². The lowest BCUT2D eigenvalue weighted by molar-refractivity contribution is -0.131. The van der Waals surface area contributed by atoms with Crippen molar-refractivity contribution in [2.24, 2.45) is 0 Å². The van der Waals surface area contributed by atoms with Gasteiger partial charge in [-0.15, -0.1) is 0 Å². The van der Waals surface area contributed by atoms with Crippen molar-refractivity contribution in [2.75, 3.05) is 0 Å². The number of carboxylic acids is 1. The molecule has 0 saturated heterocycles. The molecule has 0 amide bonds. The van der Waals surface area contributed by atoms with Crippen molar-refractivity contribution in [2.45, 2.75) is 4.90 Å². The number of aromatic nitrogens is 1. The SMILES string of the molecule is O=C(O)C=Cc1cc(S(=O)(=O)O)c2cccnc2c1O. The van der Waals surface area contributed by atoms with Gasteiger partial charge in [0.25, 0.3) is 10.1 Å². The summed E-state index contributed by atoms with van der Waals surface area (Å²) in [6, 6.07) is 3.80. The van der Waals surface area contributed by atoms with E-state index in [-0.39, 0.29) is 22.2 Å². The molecule has 0 aliphatic rings. The summed E-state index contributed by atoms with van der Waals surface area (Å²) >= 11 is 0. The van der Waals surface area contributed by atoms with Gasteiger partial charge >= 0.3 is 5.97 Å². The normalized spacial score (nSPS) is 12.1. The Kier molecular flexibility index (Phi) is 3.43. The second-order valence-corrected chi connectivity index (χ2v) is 5.25. The Morgan fingerprint density at radius 3 is 2.65 bits per heavy atom. The average molecular weight is 295 g/mol. The van der Waals surface area contributed by atoms with Gasteiger partial charge in [0.15, 0.2) is 0 Å². The zero-order chi connectivity index (χ0) is 14.9. The molecule has 0 spiro atoms. The van der Waals surface area contributed by atoms with Crippen LogP contribution < -0.4 is 0 Å². The van der Waals surface area contributed by atoms with Crippen LogP contribution in [0.3, 0.4) is 0 Å². The number of phenols is 1. The van der Waals surface area contributed by atoms with Crippen molar-refractivity contribution < 1.29 is 28.0 Å². The summed E-state index contributed by atoms with van der Waals surface area (Å²) in [5.74, 6) is -1.63. The molecule has 3 N–H and O–H groups in total. The highest BCUT2D eigenvalue weighted by Gasteiger charge is 2.19. The molecule has 104 valence electrons. The van der Waals surface area contributed by atoms with E-state index in [4.69, 9.17) is 5.11 Å². The average Bonchev–Trinajstić information content (AvgIpc) is 2.36. The number of aromatic hydroxyl groups is 1. The molecule has 0 radical (unpaired) electrons. The highest BCUT2D eigenvalue weighted by molar-refractivity contribution is 7.86. The molecule has 0 saturated carbocycles. The first-order valence-corrected chi connectivity index (χ1v) is 6.74. The van der Waals surface area contributed by atoms with E-state index in [0.717, 1.165) is 18.2 Å². The van der Waals surface area contributed by atoms with Gasteiger partial charge in [-0.25, -0.2) is 4.79 Å². The van der Waals surface area contributed by atoms with Gasteiger partial charge in [-0.1, -0.05) is 0 Å². The van der Waals surface area contributed by atoms with Crippen LogP contribution in [0.2, 0.25) is 0 Å². The summed E-state index contributed by atoms with van der Waals surface area (Å²) < 4.78 is 31.9. The predicted octanol–water partition coefficient (Wildman–Crippen LogP) is 1.28. The quantitative estimate of drug-likeness (QED) is 0.575. The molecule has 1 aromatic heterocycles. The fourth-order valence-electron chi connectivity index (χ4n) is 1.72. The summed E-state index contributed by atoms with van der Waals surface area (Å²) in [5, 5.41) is 18.6. The summed E-state index contributed by atoms with van der Waals surface area (Å²) in [5.41, 5.74) is -0.126. The van der Waals surface area contributed by atoms with Crippen LogP contribution >= 0.6 is 0 Å². The lowest BCUT2D eigenvalue weighted by Gasteiger charge is -2.08. The minimum absolute atomic E-state index is 0.0416. The molecule has 0 atom stereocenters. The van der Waals surface area contributed by atoms with Crippen molar-refractivity contribution in [1.29, 1.82) is 0 Å². The van der Waals surface area contributed by atoms with Crippen LogP contribution in [0.15, 0.2) is 35.4 Å². The predicted molar refractivity (Wildman–Crippen MR) is 69.9 cm³/mol. The van der Waals surface area contributed by atoms with E-state index in [1.807, 2.05) is 0 Å². The molecule has 7 nitrogen and oxygen atoms in total. The van der Waals surface area contributed by atoms with Crippen LogP contribution in [0, 0.1) is 0 Å².